The quantitative estimate of drug-likeness (QED) is 0.279. The maximum absolute atomic E-state index is 14.1. The molecule has 2 amide bonds. The predicted molar refractivity (Wildman–Crippen MR) is 164 cm³/mol. The van der Waals surface area contributed by atoms with Gasteiger partial charge in [-0.1, -0.05) is 72.6 Å². The Morgan fingerprint density at radius 2 is 1.59 bits per heavy atom. The lowest BCUT2D eigenvalue weighted by Crippen LogP contribution is -2.54. The van der Waals surface area contributed by atoms with Gasteiger partial charge in [0.2, 0.25) is 21.8 Å². The number of benzene rings is 3. The van der Waals surface area contributed by atoms with Crippen molar-refractivity contribution < 1.29 is 22.7 Å². The molecule has 0 fully saturated rings. The van der Waals surface area contributed by atoms with Gasteiger partial charge in [0.1, 0.15) is 18.3 Å². The normalized spacial score (nSPS) is 12.7. The highest BCUT2D eigenvalue weighted by Gasteiger charge is 2.33. The van der Waals surface area contributed by atoms with Crippen LogP contribution in [0, 0.1) is 0 Å². The number of carbonyl (C=O) groups excluding carboxylic acids is 2. The Kier molecular flexibility index (Phi) is 11.5. The third-order valence-electron chi connectivity index (χ3n) is 6.57. The fourth-order valence-electron chi connectivity index (χ4n) is 4.26. The van der Waals surface area contributed by atoms with Crippen molar-refractivity contribution in [2.45, 2.75) is 45.3 Å². The van der Waals surface area contributed by atoms with Gasteiger partial charge < -0.3 is 15.0 Å². The molecule has 41 heavy (non-hydrogen) atoms. The van der Waals surface area contributed by atoms with Crippen LogP contribution < -0.4 is 14.4 Å². The Morgan fingerprint density at radius 1 is 0.951 bits per heavy atom. The molecule has 3 aromatic rings. The third kappa shape index (κ3) is 9.38. The van der Waals surface area contributed by atoms with Crippen LogP contribution in [-0.2, 0) is 32.6 Å². The van der Waals surface area contributed by atoms with Crippen LogP contribution in [-0.4, -0.2) is 57.1 Å². The lowest BCUT2D eigenvalue weighted by Gasteiger charge is -2.34. The number of ether oxygens (including phenoxy) is 1. The minimum Gasteiger partial charge on any atom is -0.497 e. The van der Waals surface area contributed by atoms with Crippen molar-refractivity contribution >= 4 is 50.7 Å². The average Bonchev–Trinajstić information content (AvgIpc) is 2.92. The zero-order chi connectivity index (χ0) is 30.2. The van der Waals surface area contributed by atoms with E-state index >= 15 is 0 Å². The minimum atomic E-state index is -3.94. The lowest BCUT2D eigenvalue weighted by atomic mass is 10.0. The number of rotatable bonds is 13. The van der Waals surface area contributed by atoms with Crippen molar-refractivity contribution in [2.75, 3.05) is 24.2 Å². The van der Waals surface area contributed by atoms with Gasteiger partial charge in [0.05, 0.1) is 19.1 Å². The summed E-state index contributed by atoms with van der Waals surface area (Å²) in [6, 6.07) is 19.8. The number of hydrogen-bond donors (Lipinski definition) is 1. The number of anilines is 1. The van der Waals surface area contributed by atoms with E-state index in [1.807, 2.05) is 50.2 Å². The molecule has 0 heterocycles. The Hall–Kier alpha value is -3.27. The lowest BCUT2D eigenvalue weighted by molar-refractivity contribution is -0.140. The summed E-state index contributed by atoms with van der Waals surface area (Å²) in [7, 11) is -2.40. The van der Waals surface area contributed by atoms with E-state index in [0.717, 1.165) is 16.1 Å². The van der Waals surface area contributed by atoms with Gasteiger partial charge in [-0.3, -0.25) is 13.9 Å². The topological polar surface area (TPSA) is 96.0 Å². The van der Waals surface area contributed by atoms with Crippen LogP contribution in [0.3, 0.4) is 0 Å². The van der Waals surface area contributed by atoms with Crippen molar-refractivity contribution in [3.05, 3.63) is 94.0 Å². The van der Waals surface area contributed by atoms with E-state index in [1.54, 1.807) is 25.3 Å². The van der Waals surface area contributed by atoms with Crippen LogP contribution in [0.1, 0.15) is 31.4 Å². The van der Waals surface area contributed by atoms with Gasteiger partial charge in [0.25, 0.3) is 0 Å². The average molecular weight is 621 g/mol. The highest BCUT2D eigenvalue weighted by molar-refractivity contribution is 7.92. The highest BCUT2D eigenvalue weighted by Crippen LogP contribution is 2.28. The third-order valence-corrected chi connectivity index (χ3v) is 8.15. The summed E-state index contributed by atoms with van der Waals surface area (Å²) in [5.74, 6) is -0.323. The van der Waals surface area contributed by atoms with Crippen LogP contribution in [0.5, 0.6) is 5.75 Å². The summed E-state index contributed by atoms with van der Waals surface area (Å²) in [5.41, 5.74) is 1.70. The molecule has 3 rings (SSSR count). The highest BCUT2D eigenvalue weighted by atomic mass is 35.5. The first-order chi connectivity index (χ1) is 19.4. The number of carbonyl (C=O) groups is 2. The SMILES string of the molecule is CCC(C)NC(=O)C(Cc1ccccc1)N(Cc1cccc(OC)c1)C(=O)CN(c1cc(Cl)cc(Cl)c1)S(C)(=O)=O. The van der Waals surface area contributed by atoms with E-state index in [-0.39, 0.29) is 40.6 Å². The molecule has 0 aliphatic heterocycles. The van der Waals surface area contributed by atoms with Gasteiger partial charge >= 0.3 is 0 Å². The monoisotopic (exact) mass is 619 g/mol. The van der Waals surface area contributed by atoms with Gasteiger partial charge in [-0.2, -0.15) is 0 Å². The molecular formula is C30H35Cl2N3O5S. The van der Waals surface area contributed by atoms with Gasteiger partial charge in [0.15, 0.2) is 0 Å². The Bertz CT molecular complexity index is 1430. The van der Waals surface area contributed by atoms with E-state index in [2.05, 4.69) is 5.32 Å². The standard InChI is InChI=1S/C30H35Cl2N3O5S/c1-5-21(2)33-30(37)28(15-22-10-7-6-8-11-22)34(19-23-12-9-13-27(14-23)40-3)29(36)20-35(41(4,38)39)26-17-24(31)16-25(32)18-26/h6-14,16-18,21,28H,5,15,19-20H2,1-4H3,(H,33,37). The minimum absolute atomic E-state index is 0.0371. The number of nitrogens with one attached hydrogen (secondary N) is 1. The largest absolute Gasteiger partial charge is 0.497 e. The Morgan fingerprint density at radius 3 is 2.17 bits per heavy atom. The first-order valence-electron chi connectivity index (χ1n) is 13.1. The van der Waals surface area contributed by atoms with Crippen molar-refractivity contribution in [3.63, 3.8) is 0 Å². The second-order valence-corrected chi connectivity index (χ2v) is 12.6. The summed E-state index contributed by atoms with van der Waals surface area (Å²) < 4.78 is 32.1. The van der Waals surface area contributed by atoms with Crippen LogP contribution in [0.25, 0.3) is 0 Å². The number of hydrogen-bond acceptors (Lipinski definition) is 5. The molecule has 0 aromatic heterocycles. The first-order valence-corrected chi connectivity index (χ1v) is 15.7. The number of nitrogens with zero attached hydrogens (tertiary/aromatic N) is 2. The summed E-state index contributed by atoms with van der Waals surface area (Å²) in [6.45, 7) is 3.31. The summed E-state index contributed by atoms with van der Waals surface area (Å²) in [6.07, 6.45) is 1.92. The van der Waals surface area contributed by atoms with E-state index < -0.39 is 28.5 Å². The van der Waals surface area contributed by atoms with E-state index in [9.17, 15) is 18.0 Å². The number of sulfonamides is 1. The second-order valence-electron chi connectivity index (χ2n) is 9.79. The molecule has 11 heteroatoms. The molecule has 0 radical (unpaired) electrons. The Labute approximate surface area is 252 Å². The number of methoxy groups -OCH3 is 1. The van der Waals surface area contributed by atoms with Crippen molar-refractivity contribution in [1.29, 1.82) is 0 Å². The van der Waals surface area contributed by atoms with Gasteiger partial charge in [-0.25, -0.2) is 8.42 Å². The Balaban J connectivity index is 2.09. The molecule has 3 aromatic carbocycles. The van der Waals surface area contributed by atoms with Crippen molar-refractivity contribution in [1.82, 2.24) is 10.2 Å². The molecule has 1 N–H and O–H groups in total. The van der Waals surface area contributed by atoms with Crippen LogP contribution >= 0.6 is 23.2 Å². The molecule has 220 valence electrons. The second kappa shape index (κ2) is 14.6. The smallest absolute Gasteiger partial charge is 0.244 e. The maximum atomic E-state index is 14.1. The fourth-order valence-corrected chi connectivity index (χ4v) is 5.61. The molecule has 0 bridgehead atoms. The first kappa shape index (κ1) is 32.2. The maximum Gasteiger partial charge on any atom is 0.244 e. The van der Waals surface area contributed by atoms with Gasteiger partial charge in [0, 0.05) is 29.1 Å². The van der Waals surface area contributed by atoms with E-state index in [4.69, 9.17) is 27.9 Å². The molecule has 2 atom stereocenters. The molecule has 2 unspecified atom stereocenters. The molecular weight excluding hydrogens is 585 g/mol. The molecule has 8 nitrogen and oxygen atoms in total. The zero-order valence-corrected chi connectivity index (χ0v) is 25.8. The van der Waals surface area contributed by atoms with Crippen LogP contribution in [0.2, 0.25) is 10.0 Å². The number of amides is 2. The number of halogens is 2. The predicted octanol–water partition coefficient (Wildman–Crippen LogP) is 5.32. The molecule has 0 aliphatic rings. The summed E-state index contributed by atoms with van der Waals surface area (Å²) >= 11 is 12.3. The summed E-state index contributed by atoms with van der Waals surface area (Å²) in [4.78, 5) is 29.3. The van der Waals surface area contributed by atoms with Crippen molar-refractivity contribution in [2.24, 2.45) is 0 Å². The fraction of sp³-hybridized carbons (Fsp3) is 0.333. The van der Waals surface area contributed by atoms with E-state index in [1.165, 1.54) is 23.1 Å². The molecule has 0 saturated heterocycles. The molecule has 0 saturated carbocycles. The van der Waals surface area contributed by atoms with E-state index in [0.29, 0.717) is 17.7 Å². The van der Waals surface area contributed by atoms with Gasteiger partial charge in [-0.15, -0.1) is 0 Å². The van der Waals surface area contributed by atoms with Crippen LogP contribution in [0.4, 0.5) is 5.69 Å². The van der Waals surface area contributed by atoms with Gasteiger partial charge in [-0.05, 0) is 54.8 Å². The molecule has 0 spiro atoms. The zero-order valence-electron chi connectivity index (χ0n) is 23.5. The molecule has 0 aliphatic carbocycles. The summed E-state index contributed by atoms with van der Waals surface area (Å²) in [5, 5.41) is 3.44. The van der Waals surface area contributed by atoms with Crippen molar-refractivity contribution in [3.8, 4) is 5.75 Å². The van der Waals surface area contributed by atoms with Crippen LogP contribution in [0.15, 0.2) is 72.8 Å².